The minimum Gasteiger partial charge on any atom is -0.507 e. The fraction of sp³-hybridized carbons (Fsp3) is 0.133. The Morgan fingerprint density at radius 1 is 0.633 bits per heavy atom. The Kier molecular flexibility index (Phi) is 7.16. The third-order valence-electron chi connectivity index (χ3n) is 10.4. The molecule has 1 aliphatic carbocycles. The zero-order valence-electron chi connectivity index (χ0n) is 27.4. The molecular formula is C45H36N2O2. The summed E-state index contributed by atoms with van der Waals surface area (Å²) in [6, 6.07) is 51.4. The summed E-state index contributed by atoms with van der Waals surface area (Å²) in [6.07, 6.45) is 1.87. The molecule has 1 aliphatic rings. The number of hydrogen-bond acceptors (Lipinski definition) is 4. The van der Waals surface area contributed by atoms with Crippen molar-refractivity contribution in [2.24, 2.45) is 0 Å². The van der Waals surface area contributed by atoms with Crippen molar-refractivity contribution < 1.29 is 9.52 Å². The number of hydrogen-bond donors (Lipinski definition) is 1. The second-order valence-electron chi connectivity index (χ2n) is 13.0. The first-order valence-electron chi connectivity index (χ1n) is 17.2. The number of aromatic hydroxyl groups is 1. The van der Waals surface area contributed by atoms with Gasteiger partial charge in [-0.25, -0.2) is 0 Å². The van der Waals surface area contributed by atoms with Crippen molar-refractivity contribution in [1.82, 2.24) is 4.98 Å². The number of anilines is 1. The maximum atomic E-state index is 10.9. The minimum atomic E-state index is 0.0114. The molecule has 0 fully saturated rings. The lowest BCUT2D eigenvalue weighted by Crippen LogP contribution is -2.43. The first kappa shape index (κ1) is 29.3. The second-order valence-corrected chi connectivity index (χ2v) is 13.0. The van der Waals surface area contributed by atoms with Crippen molar-refractivity contribution in [3.05, 3.63) is 162 Å². The minimum absolute atomic E-state index is 0.0114. The smallest absolute Gasteiger partial charge is 0.298 e. The average molecular weight is 637 g/mol. The van der Waals surface area contributed by atoms with Gasteiger partial charge in [0.25, 0.3) is 6.01 Å². The van der Waals surface area contributed by atoms with Crippen LogP contribution in [-0.2, 0) is 6.42 Å². The van der Waals surface area contributed by atoms with Gasteiger partial charge in [-0.15, -0.1) is 0 Å². The molecule has 4 nitrogen and oxygen atoms in total. The van der Waals surface area contributed by atoms with E-state index in [1.807, 2.05) is 48.5 Å². The molecule has 1 N–H and O–H groups in total. The van der Waals surface area contributed by atoms with Crippen LogP contribution in [0.5, 0.6) is 5.75 Å². The van der Waals surface area contributed by atoms with Gasteiger partial charge >= 0.3 is 0 Å². The molecule has 0 bridgehead atoms. The summed E-state index contributed by atoms with van der Waals surface area (Å²) in [5.41, 5.74) is 6.81. The third kappa shape index (κ3) is 4.86. The number of phenolic OH excluding ortho intramolecular Hbond substituents is 1. The van der Waals surface area contributed by atoms with E-state index in [9.17, 15) is 5.11 Å². The first-order chi connectivity index (χ1) is 24.2. The van der Waals surface area contributed by atoms with Crippen LogP contribution in [0, 0.1) is 0 Å². The topological polar surface area (TPSA) is 49.5 Å². The van der Waals surface area contributed by atoms with Crippen LogP contribution in [0.25, 0.3) is 54.9 Å². The summed E-state index contributed by atoms with van der Waals surface area (Å²) in [4.78, 5) is 7.64. The van der Waals surface area contributed by atoms with Gasteiger partial charge in [0.2, 0.25) is 0 Å². The number of rotatable bonds is 6. The van der Waals surface area contributed by atoms with Gasteiger partial charge in [0.05, 0.1) is 0 Å². The summed E-state index contributed by atoms with van der Waals surface area (Å²) in [6.45, 7) is 2.93. The molecule has 2 unspecified atom stereocenters. The number of nitrogens with zero attached hydrogens (tertiary/aromatic N) is 2. The maximum absolute atomic E-state index is 10.9. The van der Waals surface area contributed by atoms with E-state index in [1.54, 1.807) is 6.07 Å². The van der Waals surface area contributed by atoms with Crippen LogP contribution in [0.4, 0.5) is 6.01 Å². The molecule has 238 valence electrons. The zero-order chi connectivity index (χ0) is 32.9. The van der Waals surface area contributed by atoms with Gasteiger partial charge < -0.3 is 14.4 Å². The van der Waals surface area contributed by atoms with Gasteiger partial charge in [-0.2, -0.15) is 4.98 Å². The normalized spacial score (nSPS) is 15.9. The van der Waals surface area contributed by atoms with Crippen molar-refractivity contribution in [2.45, 2.75) is 31.7 Å². The lowest BCUT2D eigenvalue weighted by molar-refractivity contribution is 0.441. The highest BCUT2D eigenvalue weighted by atomic mass is 16.4. The number of aryl methyl sites for hydroxylation is 1. The van der Waals surface area contributed by atoms with Crippen LogP contribution in [0.2, 0.25) is 0 Å². The van der Waals surface area contributed by atoms with Gasteiger partial charge in [0, 0.05) is 35.0 Å². The third-order valence-corrected chi connectivity index (χ3v) is 10.4. The highest BCUT2D eigenvalue weighted by molar-refractivity contribution is 6.09. The van der Waals surface area contributed by atoms with Crippen LogP contribution >= 0.6 is 0 Å². The molecule has 2 atom stereocenters. The Bertz CT molecular complexity index is 2410. The number of likely N-dealkylation sites (N-methyl/N-ethyl adjacent to an activating group) is 1. The molecule has 1 heterocycles. The highest BCUT2D eigenvalue weighted by Crippen LogP contribution is 2.47. The maximum Gasteiger partial charge on any atom is 0.298 e. The van der Waals surface area contributed by atoms with Crippen LogP contribution in [0.3, 0.4) is 0 Å². The molecule has 0 spiro atoms. The van der Waals surface area contributed by atoms with E-state index in [0.717, 1.165) is 52.7 Å². The second kappa shape index (κ2) is 12.0. The van der Waals surface area contributed by atoms with Gasteiger partial charge in [-0.1, -0.05) is 140 Å². The van der Waals surface area contributed by atoms with Crippen molar-refractivity contribution in [2.75, 3.05) is 11.4 Å². The summed E-state index contributed by atoms with van der Waals surface area (Å²) in [5, 5.41) is 18.0. The fourth-order valence-electron chi connectivity index (χ4n) is 8.22. The quantitative estimate of drug-likeness (QED) is 0.185. The molecular weight excluding hydrogens is 601 g/mol. The molecule has 9 rings (SSSR count). The number of oxazole rings is 1. The Morgan fingerprint density at radius 2 is 1.33 bits per heavy atom. The molecule has 0 amide bonds. The first-order valence-corrected chi connectivity index (χ1v) is 17.2. The van der Waals surface area contributed by atoms with E-state index in [4.69, 9.17) is 9.40 Å². The standard InChI is InChI=1S/C45H36N2O2/c1-2-47(45-46-43(30-14-5-3-6-15-30)44(49-45)31-16-7-4-8-17-31)40-28-27-36-35-24-23-29-13-9-10-18-32(29)34(35)25-26-39(36)42(40)38-21-11-20-37-33(38)19-12-22-41(37)48/h3-26,40,42,48H,2,27-28H2,1H3. The number of fused-ring (bicyclic) bond motifs is 6. The number of aromatic nitrogens is 1. The summed E-state index contributed by atoms with van der Waals surface area (Å²) in [5.74, 6) is 1.09. The molecule has 49 heavy (non-hydrogen) atoms. The van der Waals surface area contributed by atoms with Crippen molar-refractivity contribution in [1.29, 1.82) is 0 Å². The molecule has 8 aromatic rings. The van der Waals surface area contributed by atoms with Gasteiger partial charge in [-0.3, -0.25) is 0 Å². The van der Waals surface area contributed by atoms with Crippen LogP contribution in [0.15, 0.2) is 150 Å². The van der Waals surface area contributed by atoms with Gasteiger partial charge in [0.15, 0.2) is 5.76 Å². The van der Waals surface area contributed by atoms with Gasteiger partial charge in [0.1, 0.15) is 11.4 Å². The molecule has 0 saturated heterocycles. The van der Waals surface area contributed by atoms with E-state index in [2.05, 4.69) is 103 Å². The SMILES string of the molecule is CCN(c1nc(-c2ccccc2)c(-c2ccccc2)o1)C1CCc2c(ccc3c2ccc2ccccc23)C1c1cccc2c(O)cccc12. The predicted octanol–water partition coefficient (Wildman–Crippen LogP) is 11.1. The van der Waals surface area contributed by atoms with Crippen molar-refractivity contribution in [3.8, 4) is 28.3 Å². The number of phenols is 1. The van der Waals surface area contributed by atoms with Gasteiger partial charge in [-0.05, 0) is 69.5 Å². The van der Waals surface area contributed by atoms with Crippen molar-refractivity contribution in [3.63, 3.8) is 0 Å². The Labute approximate surface area is 285 Å². The largest absolute Gasteiger partial charge is 0.507 e. The Hall–Kier alpha value is -5.87. The van der Waals surface area contributed by atoms with E-state index >= 15 is 0 Å². The molecule has 1 aromatic heterocycles. The number of benzene rings is 7. The van der Waals surface area contributed by atoms with E-state index in [-0.39, 0.29) is 12.0 Å². The van der Waals surface area contributed by atoms with Crippen LogP contribution < -0.4 is 4.90 Å². The Balaban J connectivity index is 1.26. The lowest BCUT2D eigenvalue weighted by Gasteiger charge is -2.41. The lowest BCUT2D eigenvalue weighted by atomic mass is 9.72. The van der Waals surface area contributed by atoms with Crippen LogP contribution in [-0.4, -0.2) is 22.7 Å². The van der Waals surface area contributed by atoms with Crippen molar-refractivity contribution >= 4 is 38.3 Å². The zero-order valence-corrected chi connectivity index (χ0v) is 27.4. The molecule has 7 aromatic carbocycles. The van der Waals surface area contributed by atoms with Crippen LogP contribution in [0.1, 0.15) is 36.0 Å². The van der Waals surface area contributed by atoms with E-state index in [0.29, 0.717) is 11.8 Å². The highest BCUT2D eigenvalue weighted by Gasteiger charge is 2.38. The summed E-state index contributed by atoms with van der Waals surface area (Å²) in [7, 11) is 0. The Morgan fingerprint density at radius 3 is 2.14 bits per heavy atom. The molecule has 0 aliphatic heterocycles. The molecule has 4 heteroatoms. The molecule has 0 radical (unpaired) electrons. The van der Waals surface area contributed by atoms with E-state index in [1.165, 1.54) is 38.2 Å². The van der Waals surface area contributed by atoms with E-state index < -0.39 is 0 Å². The molecule has 0 saturated carbocycles. The predicted molar refractivity (Wildman–Crippen MR) is 201 cm³/mol. The summed E-state index contributed by atoms with van der Waals surface area (Å²) >= 11 is 0. The monoisotopic (exact) mass is 636 g/mol. The fourth-order valence-corrected chi connectivity index (χ4v) is 8.22. The average Bonchev–Trinajstić information content (AvgIpc) is 3.61. The summed E-state index contributed by atoms with van der Waals surface area (Å²) < 4.78 is 6.83.